The molecule has 0 spiro atoms. The summed E-state index contributed by atoms with van der Waals surface area (Å²) in [6, 6.07) is 1.77. The van der Waals surface area contributed by atoms with Gasteiger partial charge in [-0.25, -0.2) is 24.9 Å². The highest BCUT2D eigenvalue weighted by atomic mass is 32.1. The van der Waals surface area contributed by atoms with E-state index in [1.54, 1.807) is 25.4 Å². The average molecular weight is 326 g/mol. The highest BCUT2D eigenvalue weighted by Gasteiger charge is 2.09. The third-order valence-electron chi connectivity index (χ3n) is 3.10. The minimum Gasteiger partial charge on any atom is -0.349 e. The summed E-state index contributed by atoms with van der Waals surface area (Å²) < 4.78 is 0. The predicted molar refractivity (Wildman–Crippen MR) is 87.2 cm³/mol. The van der Waals surface area contributed by atoms with Crippen LogP contribution in [0.4, 0.5) is 5.95 Å². The van der Waals surface area contributed by atoms with Gasteiger partial charge in [0.1, 0.15) is 0 Å². The molecule has 116 valence electrons. The minimum atomic E-state index is -0.0407. The first-order chi connectivity index (χ1) is 11.1. The van der Waals surface area contributed by atoms with Crippen LogP contribution < -0.4 is 5.32 Å². The van der Waals surface area contributed by atoms with Crippen LogP contribution in [0.5, 0.6) is 0 Å². The van der Waals surface area contributed by atoms with Gasteiger partial charge in [0.05, 0.1) is 23.5 Å². The number of aryl methyl sites for hydroxylation is 1. The first-order valence-electron chi connectivity index (χ1n) is 6.93. The predicted octanol–water partition coefficient (Wildman–Crippen LogP) is 2.51. The molecule has 23 heavy (non-hydrogen) atoms. The highest BCUT2D eigenvalue weighted by Crippen LogP contribution is 2.20. The number of rotatable bonds is 5. The number of aromatic nitrogens is 5. The summed E-state index contributed by atoms with van der Waals surface area (Å²) in [5, 5.41) is 5.81. The van der Waals surface area contributed by atoms with Crippen molar-refractivity contribution in [2.45, 2.75) is 20.4 Å². The molecule has 0 aliphatic heterocycles. The minimum absolute atomic E-state index is 0.0407. The summed E-state index contributed by atoms with van der Waals surface area (Å²) >= 11 is 1.49. The van der Waals surface area contributed by atoms with Gasteiger partial charge in [-0.1, -0.05) is 0 Å². The number of anilines is 1. The van der Waals surface area contributed by atoms with Crippen molar-refractivity contribution in [1.29, 1.82) is 0 Å². The van der Waals surface area contributed by atoms with E-state index in [0.29, 0.717) is 29.6 Å². The van der Waals surface area contributed by atoms with Crippen molar-refractivity contribution in [3.63, 3.8) is 0 Å². The quantitative estimate of drug-likeness (QED) is 0.720. The largest absolute Gasteiger partial charge is 0.349 e. The van der Waals surface area contributed by atoms with E-state index in [2.05, 4.69) is 30.2 Å². The zero-order valence-corrected chi connectivity index (χ0v) is 13.5. The van der Waals surface area contributed by atoms with E-state index in [-0.39, 0.29) is 5.78 Å². The third kappa shape index (κ3) is 3.54. The van der Waals surface area contributed by atoms with Crippen LogP contribution in [0.1, 0.15) is 28.7 Å². The molecule has 0 unspecified atom stereocenters. The maximum absolute atomic E-state index is 11.4. The smallest absolute Gasteiger partial charge is 0.223 e. The Bertz CT molecular complexity index is 833. The van der Waals surface area contributed by atoms with Crippen LogP contribution in [-0.2, 0) is 6.54 Å². The number of carbonyl (C=O) groups is 1. The molecule has 3 aromatic rings. The Balaban J connectivity index is 1.68. The fourth-order valence-electron chi connectivity index (χ4n) is 1.97. The lowest BCUT2D eigenvalue weighted by molar-refractivity contribution is 0.101. The van der Waals surface area contributed by atoms with Crippen LogP contribution >= 0.6 is 11.3 Å². The molecule has 0 bridgehead atoms. The second kappa shape index (κ2) is 6.57. The number of Topliss-reactive ketones (excluding diaryl/α,β-unsaturated/α-hetero) is 1. The van der Waals surface area contributed by atoms with Crippen LogP contribution in [-0.4, -0.2) is 30.7 Å². The van der Waals surface area contributed by atoms with Crippen molar-refractivity contribution in [2.24, 2.45) is 0 Å². The molecule has 8 heteroatoms. The van der Waals surface area contributed by atoms with Gasteiger partial charge in [-0.3, -0.25) is 4.79 Å². The molecular formula is C15H14N6OS. The van der Waals surface area contributed by atoms with Crippen molar-refractivity contribution >= 4 is 23.1 Å². The number of carbonyl (C=O) groups excluding carboxylic acids is 1. The summed E-state index contributed by atoms with van der Waals surface area (Å²) in [7, 11) is 0. The summed E-state index contributed by atoms with van der Waals surface area (Å²) in [4.78, 5) is 32.6. The highest BCUT2D eigenvalue weighted by molar-refractivity contribution is 7.13. The van der Waals surface area contributed by atoms with Crippen LogP contribution in [0.25, 0.3) is 10.8 Å². The van der Waals surface area contributed by atoms with E-state index in [1.807, 2.05) is 5.38 Å². The number of thiazole rings is 1. The van der Waals surface area contributed by atoms with Gasteiger partial charge >= 0.3 is 0 Å². The summed E-state index contributed by atoms with van der Waals surface area (Å²) in [6.45, 7) is 3.78. The Morgan fingerprint density at radius 1 is 1.22 bits per heavy atom. The molecule has 0 atom stereocenters. The third-order valence-corrected chi connectivity index (χ3v) is 3.98. The molecule has 3 heterocycles. The van der Waals surface area contributed by atoms with Gasteiger partial charge in [-0.05, 0) is 19.9 Å². The van der Waals surface area contributed by atoms with Gasteiger partial charge in [-0.15, -0.1) is 11.3 Å². The first kappa shape index (κ1) is 15.2. The van der Waals surface area contributed by atoms with E-state index in [9.17, 15) is 4.79 Å². The maximum Gasteiger partial charge on any atom is 0.223 e. The van der Waals surface area contributed by atoms with E-state index in [1.165, 1.54) is 24.5 Å². The molecule has 0 amide bonds. The summed E-state index contributed by atoms with van der Waals surface area (Å²) in [5.41, 5.74) is 2.05. The van der Waals surface area contributed by atoms with Crippen LogP contribution in [0.15, 0.2) is 30.0 Å². The monoisotopic (exact) mass is 326 g/mol. The lowest BCUT2D eigenvalue weighted by Gasteiger charge is -2.05. The fourth-order valence-corrected chi connectivity index (χ4v) is 2.73. The molecule has 1 N–H and O–H groups in total. The lowest BCUT2D eigenvalue weighted by Crippen LogP contribution is -2.07. The molecule has 0 aromatic carbocycles. The molecule has 0 aliphatic carbocycles. The van der Waals surface area contributed by atoms with Gasteiger partial charge in [-0.2, -0.15) is 0 Å². The Morgan fingerprint density at radius 2 is 2.00 bits per heavy atom. The number of hydrogen-bond donors (Lipinski definition) is 1. The summed E-state index contributed by atoms with van der Waals surface area (Å²) in [5.74, 6) is 1.04. The van der Waals surface area contributed by atoms with Gasteiger partial charge in [0.2, 0.25) is 5.95 Å². The molecule has 0 radical (unpaired) electrons. The standard InChI is InChI=1S/C15H14N6OS/c1-9-12(10(2)22)7-19-15(20-9)18-6-11-8-23-14(21-11)13-16-4-3-5-17-13/h3-5,7-8H,6H2,1-2H3,(H,18,19,20). The lowest BCUT2D eigenvalue weighted by atomic mass is 10.2. The van der Waals surface area contributed by atoms with Crippen LogP contribution in [0.3, 0.4) is 0 Å². The van der Waals surface area contributed by atoms with E-state index < -0.39 is 0 Å². The number of ketones is 1. The summed E-state index contributed by atoms with van der Waals surface area (Å²) in [6.07, 6.45) is 4.92. The second-order valence-electron chi connectivity index (χ2n) is 4.82. The number of nitrogens with zero attached hydrogens (tertiary/aromatic N) is 5. The first-order valence-corrected chi connectivity index (χ1v) is 7.81. The van der Waals surface area contributed by atoms with Crippen molar-refractivity contribution in [3.8, 4) is 10.8 Å². The Hall–Kier alpha value is -2.74. The van der Waals surface area contributed by atoms with Crippen LogP contribution in [0, 0.1) is 6.92 Å². The normalized spacial score (nSPS) is 10.5. The maximum atomic E-state index is 11.4. The van der Waals surface area contributed by atoms with Crippen molar-refractivity contribution in [3.05, 3.63) is 47.0 Å². The zero-order chi connectivity index (χ0) is 16.2. The molecule has 0 saturated heterocycles. The SMILES string of the molecule is CC(=O)c1cnc(NCc2csc(-c3ncccn3)n2)nc1C. The molecule has 0 saturated carbocycles. The van der Waals surface area contributed by atoms with Gasteiger partial charge in [0, 0.05) is 24.0 Å². The Morgan fingerprint density at radius 3 is 2.70 bits per heavy atom. The molecule has 3 rings (SSSR count). The van der Waals surface area contributed by atoms with Gasteiger partial charge < -0.3 is 5.32 Å². The van der Waals surface area contributed by atoms with Crippen molar-refractivity contribution in [2.75, 3.05) is 5.32 Å². The number of hydrogen-bond acceptors (Lipinski definition) is 8. The molecular weight excluding hydrogens is 312 g/mol. The van der Waals surface area contributed by atoms with Crippen molar-refractivity contribution in [1.82, 2.24) is 24.9 Å². The zero-order valence-electron chi connectivity index (χ0n) is 12.6. The Labute approximate surface area is 136 Å². The van der Waals surface area contributed by atoms with Crippen molar-refractivity contribution < 1.29 is 4.79 Å². The fraction of sp³-hybridized carbons (Fsp3) is 0.200. The second-order valence-corrected chi connectivity index (χ2v) is 5.68. The number of nitrogens with one attached hydrogen (secondary N) is 1. The topological polar surface area (TPSA) is 93.6 Å². The Kier molecular flexibility index (Phi) is 4.33. The molecule has 3 aromatic heterocycles. The van der Waals surface area contributed by atoms with E-state index in [0.717, 1.165) is 10.7 Å². The van der Waals surface area contributed by atoms with E-state index in [4.69, 9.17) is 0 Å². The van der Waals surface area contributed by atoms with Gasteiger partial charge in [0.15, 0.2) is 16.6 Å². The molecule has 0 fully saturated rings. The van der Waals surface area contributed by atoms with E-state index >= 15 is 0 Å². The molecule has 7 nitrogen and oxygen atoms in total. The van der Waals surface area contributed by atoms with Crippen LogP contribution in [0.2, 0.25) is 0 Å². The molecule has 0 aliphatic rings. The average Bonchev–Trinajstić information content (AvgIpc) is 3.02. The van der Waals surface area contributed by atoms with Gasteiger partial charge in [0.25, 0.3) is 0 Å².